The first-order valence-corrected chi connectivity index (χ1v) is 6.35. The van der Waals surface area contributed by atoms with E-state index < -0.39 is 17.7 Å². The first-order chi connectivity index (χ1) is 9.49. The quantitative estimate of drug-likeness (QED) is 0.827. The van der Waals surface area contributed by atoms with Crippen LogP contribution in [0, 0.1) is 11.8 Å². The van der Waals surface area contributed by atoms with Gasteiger partial charge in [-0.3, -0.25) is 9.59 Å². The summed E-state index contributed by atoms with van der Waals surface area (Å²) in [5.74, 6) is -3.16. The number of likely N-dealkylation sites (tertiary alicyclic amines) is 1. The topological polar surface area (TPSA) is 62.3 Å². The molecule has 0 atom stereocenters. The van der Waals surface area contributed by atoms with Crippen molar-refractivity contribution < 1.29 is 18.4 Å². The highest BCUT2D eigenvalue weighted by Crippen LogP contribution is 2.16. The van der Waals surface area contributed by atoms with Gasteiger partial charge in [0, 0.05) is 32.3 Å². The second kappa shape index (κ2) is 5.94. The van der Waals surface area contributed by atoms with Gasteiger partial charge in [0.05, 0.1) is 5.56 Å². The molecule has 1 aliphatic heterocycles. The lowest BCUT2D eigenvalue weighted by molar-refractivity contribution is -0.119. The van der Waals surface area contributed by atoms with E-state index in [1.807, 2.05) is 0 Å². The molecule has 1 aromatic heterocycles. The highest BCUT2D eigenvalue weighted by atomic mass is 19.2. The fourth-order valence-corrected chi connectivity index (χ4v) is 2.27. The fourth-order valence-electron chi connectivity index (χ4n) is 2.27. The molecular weight excluding hydrogens is 268 g/mol. The SMILES string of the molecule is CC(=O)NC1CCN(C(=O)c2ccnc(F)c2F)CC1. The number of carbonyl (C=O) groups is 2. The van der Waals surface area contributed by atoms with Crippen molar-refractivity contribution in [3.8, 4) is 0 Å². The van der Waals surface area contributed by atoms with Gasteiger partial charge in [-0.05, 0) is 18.9 Å². The fraction of sp³-hybridized carbons (Fsp3) is 0.462. The van der Waals surface area contributed by atoms with Gasteiger partial charge in [-0.15, -0.1) is 0 Å². The minimum Gasteiger partial charge on any atom is -0.353 e. The molecule has 108 valence electrons. The van der Waals surface area contributed by atoms with Crippen LogP contribution in [-0.2, 0) is 4.79 Å². The maximum absolute atomic E-state index is 13.5. The number of hydrogen-bond donors (Lipinski definition) is 1. The molecule has 0 unspecified atom stereocenters. The second-order valence-electron chi connectivity index (χ2n) is 4.73. The van der Waals surface area contributed by atoms with Crippen LogP contribution in [0.25, 0.3) is 0 Å². The van der Waals surface area contributed by atoms with Crippen LogP contribution in [-0.4, -0.2) is 40.8 Å². The molecule has 0 aliphatic carbocycles. The van der Waals surface area contributed by atoms with E-state index in [2.05, 4.69) is 10.3 Å². The van der Waals surface area contributed by atoms with E-state index in [-0.39, 0.29) is 17.5 Å². The van der Waals surface area contributed by atoms with Gasteiger partial charge in [-0.25, -0.2) is 9.37 Å². The largest absolute Gasteiger partial charge is 0.353 e. The smallest absolute Gasteiger partial charge is 0.257 e. The number of piperidine rings is 1. The predicted molar refractivity (Wildman–Crippen MR) is 66.9 cm³/mol. The average Bonchev–Trinajstić information content (AvgIpc) is 2.41. The molecule has 1 N–H and O–H groups in total. The van der Waals surface area contributed by atoms with Crippen molar-refractivity contribution in [2.75, 3.05) is 13.1 Å². The van der Waals surface area contributed by atoms with Crippen molar-refractivity contribution >= 4 is 11.8 Å². The molecule has 0 bridgehead atoms. The Kier molecular flexibility index (Phi) is 4.26. The van der Waals surface area contributed by atoms with Gasteiger partial charge in [-0.2, -0.15) is 4.39 Å². The maximum Gasteiger partial charge on any atom is 0.257 e. The number of nitrogens with zero attached hydrogens (tertiary/aromatic N) is 2. The van der Waals surface area contributed by atoms with Crippen LogP contribution < -0.4 is 5.32 Å². The van der Waals surface area contributed by atoms with Crippen molar-refractivity contribution in [3.05, 3.63) is 29.6 Å². The number of hydrogen-bond acceptors (Lipinski definition) is 3. The Morgan fingerprint density at radius 3 is 2.60 bits per heavy atom. The second-order valence-corrected chi connectivity index (χ2v) is 4.73. The number of pyridine rings is 1. The summed E-state index contributed by atoms with van der Waals surface area (Å²) in [6.45, 7) is 2.23. The van der Waals surface area contributed by atoms with E-state index in [0.717, 1.165) is 6.20 Å². The van der Waals surface area contributed by atoms with Crippen molar-refractivity contribution in [2.45, 2.75) is 25.8 Å². The summed E-state index contributed by atoms with van der Waals surface area (Å²) in [5.41, 5.74) is -0.310. The van der Waals surface area contributed by atoms with Crippen molar-refractivity contribution in [3.63, 3.8) is 0 Å². The maximum atomic E-state index is 13.5. The lowest BCUT2D eigenvalue weighted by atomic mass is 10.0. The number of amides is 2. The molecule has 2 rings (SSSR count). The number of halogens is 2. The Bertz CT molecular complexity index is 528. The Labute approximate surface area is 115 Å². The first kappa shape index (κ1) is 14.4. The minimum absolute atomic E-state index is 0.0237. The van der Waals surface area contributed by atoms with Crippen LogP contribution in [0.1, 0.15) is 30.1 Å². The first-order valence-electron chi connectivity index (χ1n) is 6.35. The molecule has 7 heteroatoms. The van der Waals surface area contributed by atoms with E-state index in [1.54, 1.807) is 0 Å². The molecule has 0 saturated carbocycles. The van der Waals surface area contributed by atoms with Gasteiger partial charge >= 0.3 is 0 Å². The minimum atomic E-state index is -1.27. The van der Waals surface area contributed by atoms with E-state index in [0.29, 0.717) is 25.9 Å². The van der Waals surface area contributed by atoms with Gasteiger partial charge in [-0.1, -0.05) is 0 Å². The highest BCUT2D eigenvalue weighted by molar-refractivity contribution is 5.94. The Morgan fingerprint density at radius 1 is 1.35 bits per heavy atom. The number of rotatable bonds is 2. The van der Waals surface area contributed by atoms with Crippen molar-refractivity contribution in [1.82, 2.24) is 15.2 Å². The molecule has 1 saturated heterocycles. The summed E-state index contributed by atoms with van der Waals surface area (Å²) in [6.07, 6.45) is 2.26. The summed E-state index contributed by atoms with van der Waals surface area (Å²) >= 11 is 0. The van der Waals surface area contributed by atoms with Gasteiger partial charge in [0.25, 0.3) is 5.91 Å². The molecule has 2 heterocycles. The van der Waals surface area contributed by atoms with Crippen LogP contribution in [0.15, 0.2) is 12.3 Å². The Balaban J connectivity index is 2.02. The molecule has 1 fully saturated rings. The zero-order valence-corrected chi connectivity index (χ0v) is 11.0. The third kappa shape index (κ3) is 3.09. The van der Waals surface area contributed by atoms with Crippen LogP contribution in [0.4, 0.5) is 8.78 Å². The zero-order valence-electron chi connectivity index (χ0n) is 11.0. The number of aromatic nitrogens is 1. The third-order valence-electron chi connectivity index (χ3n) is 3.27. The van der Waals surface area contributed by atoms with Crippen LogP contribution in [0.2, 0.25) is 0 Å². The standard InChI is InChI=1S/C13H15F2N3O2/c1-8(19)17-9-3-6-18(7-4-9)13(20)10-2-5-16-12(15)11(10)14/h2,5,9H,3-4,6-7H2,1H3,(H,17,19). The van der Waals surface area contributed by atoms with Gasteiger partial charge < -0.3 is 10.2 Å². The van der Waals surface area contributed by atoms with Crippen LogP contribution in [0.3, 0.4) is 0 Å². The van der Waals surface area contributed by atoms with Crippen LogP contribution >= 0.6 is 0 Å². The molecule has 1 aromatic rings. The van der Waals surface area contributed by atoms with Gasteiger partial charge in [0.15, 0.2) is 5.82 Å². The Morgan fingerprint density at radius 2 is 2.00 bits per heavy atom. The average molecular weight is 283 g/mol. The summed E-state index contributed by atoms with van der Waals surface area (Å²) < 4.78 is 26.5. The van der Waals surface area contributed by atoms with Crippen molar-refractivity contribution in [2.24, 2.45) is 0 Å². The molecule has 0 spiro atoms. The lowest BCUT2D eigenvalue weighted by Crippen LogP contribution is -2.46. The summed E-state index contributed by atoms with van der Waals surface area (Å²) in [6, 6.07) is 1.19. The molecule has 0 aromatic carbocycles. The van der Waals surface area contributed by atoms with E-state index in [9.17, 15) is 18.4 Å². The van der Waals surface area contributed by atoms with Gasteiger partial charge in [0.2, 0.25) is 11.9 Å². The molecule has 5 nitrogen and oxygen atoms in total. The number of nitrogens with one attached hydrogen (secondary N) is 1. The predicted octanol–water partition coefficient (Wildman–Crippen LogP) is 1.10. The third-order valence-corrected chi connectivity index (χ3v) is 3.27. The van der Waals surface area contributed by atoms with E-state index in [4.69, 9.17) is 0 Å². The molecular formula is C13H15F2N3O2. The Hall–Kier alpha value is -2.05. The summed E-state index contributed by atoms with van der Waals surface area (Å²) in [4.78, 5) is 27.7. The highest BCUT2D eigenvalue weighted by Gasteiger charge is 2.26. The molecule has 1 aliphatic rings. The molecule has 20 heavy (non-hydrogen) atoms. The van der Waals surface area contributed by atoms with Gasteiger partial charge in [0.1, 0.15) is 0 Å². The van der Waals surface area contributed by atoms with E-state index >= 15 is 0 Å². The summed E-state index contributed by atoms with van der Waals surface area (Å²) in [5, 5.41) is 2.78. The normalized spacial score (nSPS) is 16.1. The molecule has 2 amide bonds. The number of carbonyl (C=O) groups excluding carboxylic acids is 2. The van der Waals surface area contributed by atoms with Crippen LogP contribution in [0.5, 0.6) is 0 Å². The molecule has 0 radical (unpaired) electrons. The monoisotopic (exact) mass is 283 g/mol. The summed E-state index contributed by atoms with van der Waals surface area (Å²) in [7, 11) is 0. The lowest BCUT2D eigenvalue weighted by Gasteiger charge is -2.32. The van der Waals surface area contributed by atoms with E-state index in [1.165, 1.54) is 17.9 Å². The van der Waals surface area contributed by atoms with Crippen molar-refractivity contribution in [1.29, 1.82) is 0 Å². The zero-order chi connectivity index (χ0) is 14.7.